The van der Waals surface area contributed by atoms with E-state index in [2.05, 4.69) is 25.3 Å². The summed E-state index contributed by atoms with van der Waals surface area (Å²) in [5.41, 5.74) is 1.81. The summed E-state index contributed by atoms with van der Waals surface area (Å²) >= 11 is 0. The number of H-pyrrole nitrogens is 1. The third-order valence-electron chi connectivity index (χ3n) is 2.81. The first kappa shape index (κ1) is 9.47. The summed E-state index contributed by atoms with van der Waals surface area (Å²) < 4.78 is 0. The lowest BCUT2D eigenvalue weighted by Crippen LogP contribution is -2.14. The highest BCUT2D eigenvalue weighted by Crippen LogP contribution is 2.22. The van der Waals surface area contributed by atoms with Gasteiger partial charge in [0.25, 0.3) is 0 Å². The van der Waals surface area contributed by atoms with Crippen LogP contribution in [0.1, 0.15) is 24.6 Å². The smallest absolute Gasteiger partial charge is 0.157 e. The standard InChI is InChI=1S/C11H13N5/c1-2-8(13-3-1)9-6-12-7-10(16-9)11-14-4-5-15-11/h4-8,13H,1-3H2,(H,14,15). The van der Waals surface area contributed by atoms with Crippen LogP contribution in [-0.2, 0) is 0 Å². The van der Waals surface area contributed by atoms with Gasteiger partial charge in [-0.15, -0.1) is 0 Å². The van der Waals surface area contributed by atoms with Gasteiger partial charge in [0.05, 0.1) is 24.1 Å². The molecule has 0 spiro atoms. The molecule has 1 aliphatic heterocycles. The fourth-order valence-corrected chi connectivity index (χ4v) is 2.01. The predicted octanol–water partition coefficient (Wildman–Crippen LogP) is 1.29. The van der Waals surface area contributed by atoms with Crippen molar-refractivity contribution in [1.82, 2.24) is 25.3 Å². The highest BCUT2D eigenvalue weighted by Gasteiger charge is 2.18. The lowest BCUT2D eigenvalue weighted by molar-refractivity contribution is 0.625. The van der Waals surface area contributed by atoms with E-state index < -0.39 is 0 Å². The van der Waals surface area contributed by atoms with Gasteiger partial charge in [0.2, 0.25) is 0 Å². The summed E-state index contributed by atoms with van der Waals surface area (Å²) in [7, 11) is 0. The van der Waals surface area contributed by atoms with Gasteiger partial charge in [-0.25, -0.2) is 9.97 Å². The van der Waals surface area contributed by atoms with Gasteiger partial charge in [0.15, 0.2) is 5.82 Å². The van der Waals surface area contributed by atoms with E-state index in [1.807, 2.05) is 6.20 Å². The number of aromatic nitrogens is 4. The first-order chi connectivity index (χ1) is 7.93. The quantitative estimate of drug-likeness (QED) is 0.792. The molecule has 82 valence electrons. The lowest BCUT2D eigenvalue weighted by Gasteiger charge is -2.09. The molecule has 5 heteroatoms. The van der Waals surface area contributed by atoms with E-state index in [-0.39, 0.29) is 0 Å². The molecule has 0 saturated carbocycles. The van der Waals surface area contributed by atoms with E-state index in [1.54, 1.807) is 18.6 Å². The summed E-state index contributed by atoms with van der Waals surface area (Å²) in [4.78, 5) is 16.0. The van der Waals surface area contributed by atoms with Crippen LogP contribution >= 0.6 is 0 Å². The Bertz CT molecular complexity index is 459. The van der Waals surface area contributed by atoms with Gasteiger partial charge < -0.3 is 10.3 Å². The van der Waals surface area contributed by atoms with Gasteiger partial charge in [-0.1, -0.05) is 0 Å². The number of hydrogen-bond acceptors (Lipinski definition) is 4. The summed E-state index contributed by atoms with van der Waals surface area (Å²) in [6.45, 7) is 1.07. The minimum Gasteiger partial charge on any atom is -0.343 e. The van der Waals surface area contributed by atoms with E-state index in [0.717, 1.165) is 30.2 Å². The molecule has 16 heavy (non-hydrogen) atoms. The highest BCUT2D eigenvalue weighted by molar-refractivity contribution is 5.47. The number of nitrogens with one attached hydrogen (secondary N) is 2. The molecular weight excluding hydrogens is 202 g/mol. The molecule has 0 aromatic carbocycles. The monoisotopic (exact) mass is 215 g/mol. The average Bonchev–Trinajstić information content (AvgIpc) is 3.03. The molecule has 3 rings (SSSR count). The molecule has 1 atom stereocenters. The lowest BCUT2D eigenvalue weighted by atomic mass is 10.2. The van der Waals surface area contributed by atoms with Gasteiger partial charge in [-0.3, -0.25) is 4.98 Å². The van der Waals surface area contributed by atoms with Crippen molar-refractivity contribution in [2.24, 2.45) is 0 Å². The highest BCUT2D eigenvalue weighted by atomic mass is 15.0. The largest absolute Gasteiger partial charge is 0.343 e. The van der Waals surface area contributed by atoms with E-state index in [4.69, 9.17) is 0 Å². The number of imidazole rings is 1. The van der Waals surface area contributed by atoms with Crippen LogP contribution in [-0.4, -0.2) is 26.5 Å². The van der Waals surface area contributed by atoms with E-state index >= 15 is 0 Å². The summed E-state index contributed by atoms with van der Waals surface area (Å²) in [6, 6.07) is 0.349. The van der Waals surface area contributed by atoms with Crippen LogP contribution in [0, 0.1) is 0 Å². The molecule has 1 unspecified atom stereocenters. The van der Waals surface area contributed by atoms with E-state index in [1.165, 1.54) is 6.42 Å². The average molecular weight is 215 g/mol. The molecule has 1 aliphatic rings. The van der Waals surface area contributed by atoms with Crippen molar-refractivity contribution >= 4 is 0 Å². The topological polar surface area (TPSA) is 66.5 Å². The predicted molar refractivity (Wildman–Crippen MR) is 59.6 cm³/mol. The van der Waals surface area contributed by atoms with Crippen molar-refractivity contribution in [2.75, 3.05) is 6.54 Å². The number of aromatic amines is 1. The number of nitrogens with zero attached hydrogens (tertiary/aromatic N) is 3. The van der Waals surface area contributed by atoms with Crippen molar-refractivity contribution in [1.29, 1.82) is 0 Å². The van der Waals surface area contributed by atoms with Crippen molar-refractivity contribution < 1.29 is 0 Å². The van der Waals surface area contributed by atoms with Gasteiger partial charge in [-0.05, 0) is 19.4 Å². The molecule has 0 bridgehead atoms. The fourth-order valence-electron chi connectivity index (χ4n) is 2.01. The van der Waals surface area contributed by atoms with Crippen LogP contribution in [0.15, 0.2) is 24.8 Å². The molecule has 3 heterocycles. The van der Waals surface area contributed by atoms with Gasteiger partial charge in [0, 0.05) is 12.4 Å². The second-order valence-corrected chi connectivity index (χ2v) is 3.92. The Morgan fingerprint density at radius 3 is 3.06 bits per heavy atom. The Balaban J connectivity index is 1.93. The first-order valence-electron chi connectivity index (χ1n) is 5.48. The van der Waals surface area contributed by atoms with Crippen molar-refractivity contribution in [2.45, 2.75) is 18.9 Å². The minimum absolute atomic E-state index is 0.349. The molecular formula is C11H13N5. The maximum atomic E-state index is 4.58. The molecule has 2 aromatic heterocycles. The van der Waals surface area contributed by atoms with Crippen molar-refractivity contribution in [3.05, 3.63) is 30.5 Å². The normalized spacial score (nSPS) is 20.1. The molecule has 0 radical (unpaired) electrons. The number of hydrogen-bond donors (Lipinski definition) is 2. The van der Waals surface area contributed by atoms with Gasteiger partial charge >= 0.3 is 0 Å². The Labute approximate surface area is 93.4 Å². The molecule has 1 fully saturated rings. The van der Waals surface area contributed by atoms with Gasteiger partial charge in [0.1, 0.15) is 5.69 Å². The zero-order chi connectivity index (χ0) is 10.8. The Morgan fingerprint density at radius 2 is 2.31 bits per heavy atom. The molecule has 2 aromatic rings. The first-order valence-corrected chi connectivity index (χ1v) is 5.48. The minimum atomic E-state index is 0.349. The second kappa shape index (κ2) is 4.02. The Morgan fingerprint density at radius 1 is 1.31 bits per heavy atom. The molecule has 5 nitrogen and oxygen atoms in total. The summed E-state index contributed by atoms with van der Waals surface area (Å²) in [5, 5.41) is 3.41. The van der Waals surface area contributed by atoms with E-state index in [0.29, 0.717) is 6.04 Å². The SMILES string of the molecule is c1c[nH]c(-c2cncc(C3CCCN3)n2)n1. The molecule has 0 aliphatic carbocycles. The molecule has 1 saturated heterocycles. The van der Waals surface area contributed by atoms with Crippen LogP contribution < -0.4 is 5.32 Å². The zero-order valence-corrected chi connectivity index (χ0v) is 8.85. The van der Waals surface area contributed by atoms with Crippen LogP contribution in [0.5, 0.6) is 0 Å². The van der Waals surface area contributed by atoms with Crippen LogP contribution in [0.3, 0.4) is 0 Å². The fraction of sp³-hybridized carbons (Fsp3) is 0.364. The maximum absolute atomic E-state index is 4.58. The Kier molecular flexibility index (Phi) is 2.38. The summed E-state index contributed by atoms with van der Waals surface area (Å²) in [5.74, 6) is 0.771. The van der Waals surface area contributed by atoms with Crippen molar-refractivity contribution in [3.8, 4) is 11.5 Å². The van der Waals surface area contributed by atoms with Gasteiger partial charge in [-0.2, -0.15) is 0 Å². The summed E-state index contributed by atoms with van der Waals surface area (Å²) in [6.07, 6.45) is 9.41. The maximum Gasteiger partial charge on any atom is 0.157 e. The van der Waals surface area contributed by atoms with Crippen LogP contribution in [0.2, 0.25) is 0 Å². The van der Waals surface area contributed by atoms with Crippen molar-refractivity contribution in [3.63, 3.8) is 0 Å². The van der Waals surface area contributed by atoms with E-state index in [9.17, 15) is 0 Å². The van der Waals surface area contributed by atoms with Crippen LogP contribution in [0.4, 0.5) is 0 Å². The number of rotatable bonds is 2. The second-order valence-electron chi connectivity index (χ2n) is 3.92. The third-order valence-corrected chi connectivity index (χ3v) is 2.81. The zero-order valence-electron chi connectivity index (χ0n) is 8.85. The third kappa shape index (κ3) is 1.69. The molecule has 2 N–H and O–H groups in total. The molecule has 0 amide bonds. The Hall–Kier alpha value is -1.75. The van der Waals surface area contributed by atoms with Crippen LogP contribution in [0.25, 0.3) is 11.5 Å².